The summed E-state index contributed by atoms with van der Waals surface area (Å²) < 4.78 is 0. The van der Waals surface area contributed by atoms with Crippen molar-refractivity contribution in [2.75, 3.05) is 19.8 Å². The third-order valence-electron chi connectivity index (χ3n) is 3.05. The minimum Gasteiger partial charge on any atom is -0.394 e. The molecule has 104 valence electrons. The highest BCUT2D eigenvalue weighted by atomic mass is 32.1. The zero-order valence-electron chi connectivity index (χ0n) is 10.3. The van der Waals surface area contributed by atoms with E-state index < -0.39 is 5.54 Å². The summed E-state index contributed by atoms with van der Waals surface area (Å²) in [6, 6.07) is 3.94. The molecule has 2 rings (SSSR count). The first-order chi connectivity index (χ1) is 9.24. The lowest BCUT2D eigenvalue weighted by atomic mass is 10.0. The molecule has 0 spiro atoms. The molecule has 0 aromatic carbocycles. The molecular formula is C12H17N3O3S. The molecule has 6 nitrogen and oxygen atoms in total. The second-order valence-corrected chi connectivity index (χ2v) is 5.30. The topological polar surface area (TPSA) is 101 Å². The molecule has 2 heterocycles. The second-order valence-electron chi connectivity index (χ2n) is 4.36. The summed E-state index contributed by atoms with van der Waals surface area (Å²) in [4.78, 5) is 1.07. The Hall–Kier alpha value is -1.25. The van der Waals surface area contributed by atoms with Gasteiger partial charge in [0, 0.05) is 12.1 Å². The van der Waals surface area contributed by atoms with E-state index in [1.165, 1.54) is 0 Å². The van der Waals surface area contributed by atoms with E-state index in [-0.39, 0.29) is 19.8 Å². The van der Waals surface area contributed by atoms with Crippen LogP contribution in [0.2, 0.25) is 0 Å². The second kappa shape index (κ2) is 6.27. The third kappa shape index (κ3) is 3.02. The number of aliphatic hydroxyl groups excluding tert-OH is 3. The van der Waals surface area contributed by atoms with Crippen molar-refractivity contribution in [2.24, 2.45) is 0 Å². The number of nitrogens with zero attached hydrogens (tertiary/aromatic N) is 1. The van der Waals surface area contributed by atoms with Crippen LogP contribution < -0.4 is 5.32 Å². The van der Waals surface area contributed by atoms with Crippen molar-refractivity contribution in [1.82, 2.24) is 15.5 Å². The smallest absolute Gasteiger partial charge is 0.0884 e. The van der Waals surface area contributed by atoms with Gasteiger partial charge in [-0.15, -0.1) is 11.3 Å². The summed E-state index contributed by atoms with van der Waals surface area (Å²) in [5, 5.41) is 39.7. The summed E-state index contributed by atoms with van der Waals surface area (Å²) >= 11 is 1.60. The van der Waals surface area contributed by atoms with E-state index in [2.05, 4.69) is 15.5 Å². The average Bonchev–Trinajstić information content (AvgIpc) is 3.11. The van der Waals surface area contributed by atoms with Gasteiger partial charge in [0.25, 0.3) is 0 Å². The van der Waals surface area contributed by atoms with Crippen LogP contribution in [0.3, 0.4) is 0 Å². The van der Waals surface area contributed by atoms with Crippen LogP contribution in [0.4, 0.5) is 0 Å². The van der Waals surface area contributed by atoms with Crippen LogP contribution in [-0.2, 0) is 6.54 Å². The Balaban J connectivity index is 2.10. The normalized spacial score (nSPS) is 11.9. The van der Waals surface area contributed by atoms with Gasteiger partial charge in [-0.1, -0.05) is 6.07 Å². The van der Waals surface area contributed by atoms with E-state index >= 15 is 0 Å². The van der Waals surface area contributed by atoms with Gasteiger partial charge in [0.1, 0.15) is 0 Å². The predicted octanol–water partition coefficient (Wildman–Crippen LogP) is -0.0565. The fourth-order valence-electron chi connectivity index (χ4n) is 1.68. The highest BCUT2D eigenvalue weighted by Gasteiger charge is 2.27. The van der Waals surface area contributed by atoms with Crippen molar-refractivity contribution >= 4 is 11.3 Å². The fraction of sp³-hybridized carbons (Fsp3) is 0.417. The molecule has 0 atom stereocenters. The molecule has 0 saturated carbocycles. The molecule has 2 aromatic rings. The average molecular weight is 283 g/mol. The Morgan fingerprint density at radius 2 is 2.00 bits per heavy atom. The van der Waals surface area contributed by atoms with Crippen molar-refractivity contribution < 1.29 is 15.3 Å². The Labute approximate surface area is 114 Å². The summed E-state index contributed by atoms with van der Waals surface area (Å²) in [6.45, 7) is -0.629. The highest BCUT2D eigenvalue weighted by molar-refractivity contribution is 7.13. The van der Waals surface area contributed by atoms with Gasteiger partial charge in [0.05, 0.1) is 42.1 Å². The van der Waals surface area contributed by atoms with Crippen molar-refractivity contribution in [2.45, 2.75) is 12.1 Å². The lowest BCUT2D eigenvalue weighted by Gasteiger charge is -2.28. The molecule has 19 heavy (non-hydrogen) atoms. The molecule has 0 aliphatic carbocycles. The standard InChI is InChI=1S/C12H17N3O3S/c16-6-12(7-17,8-18)13-4-9-5-14-15-11(9)10-2-1-3-19-10/h1-3,5,13,16-18H,4,6-8H2,(H,14,15). The van der Waals surface area contributed by atoms with Gasteiger partial charge in [-0.25, -0.2) is 0 Å². The summed E-state index contributed by atoms with van der Waals surface area (Å²) in [5.74, 6) is 0. The number of H-pyrrole nitrogens is 1. The van der Waals surface area contributed by atoms with Crippen molar-refractivity contribution in [3.8, 4) is 10.6 Å². The van der Waals surface area contributed by atoms with E-state index in [0.717, 1.165) is 16.1 Å². The van der Waals surface area contributed by atoms with Crippen LogP contribution in [0.1, 0.15) is 5.56 Å². The summed E-state index contributed by atoms with van der Waals surface area (Å²) in [6.07, 6.45) is 1.69. The van der Waals surface area contributed by atoms with Crippen LogP contribution in [0.5, 0.6) is 0 Å². The first kappa shape index (κ1) is 14.2. The van der Waals surface area contributed by atoms with Gasteiger partial charge < -0.3 is 20.6 Å². The van der Waals surface area contributed by atoms with Crippen LogP contribution >= 0.6 is 11.3 Å². The van der Waals surface area contributed by atoms with Crippen molar-refractivity contribution in [3.05, 3.63) is 29.3 Å². The maximum Gasteiger partial charge on any atom is 0.0884 e. The number of hydrogen-bond acceptors (Lipinski definition) is 6. The molecule has 0 radical (unpaired) electrons. The maximum absolute atomic E-state index is 9.25. The largest absolute Gasteiger partial charge is 0.394 e. The van der Waals surface area contributed by atoms with E-state index in [1.54, 1.807) is 17.5 Å². The number of rotatable bonds is 7. The number of nitrogens with one attached hydrogen (secondary N) is 2. The van der Waals surface area contributed by atoms with E-state index in [9.17, 15) is 15.3 Å². The molecule has 2 aromatic heterocycles. The number of thiophene rings is 1. The lowest BCUT2D eigenvalue weighted by Crippen LogP contribution is -2.54. The Morgan fingerprint density at radius 1 is 1.26 bits per heavy atom. The zero-order valence-corrected chi connectivity index (χ0v) is 11.2. The molecule has 7 heteroatoms. The quantitative estimate of drug-likeness (QED) is 0.490. The minimum atomic E-state index is -1.08. The molecule has 0 bridgehead atoms. The number of aromatic nitrogens is 2. The Morgan fingerprint density at radius 3 is 2.58 bits per heavy atom. The molecule has 0 aliphatic rings. The molecule has 0 fully saturated rings. The van der Waals surface area contributed by atoms with Gasteiger partial charge in [0.15, 0.2) is 0 Å². The molecule has 0 amide bonds. The van der Waals surface area contributed by atoms with Gasteiger partial charge in [0.2, 0.25) is 0 Å². The monoisotopic (exact) mass is 283 g/mol. The Kier molecular flexibility index (Phi) is 4.67. The van der Waals surface area contributed by atoms with Gasteiger partial charge in [-0.3, -0.25) is 5.10 Å². The van der Waals surface area contributed by atoms with Gasteiger partial charge in [-0.05, 0) is 11.4 Å². The Bertz CT molecular complexity index is 486. The van der Waals surface area contributed by atoms with E-state index in [4.69, 9.17) is 0 Å². The van der Waals surface area contributed by atoms with Crippen LogP contribution in [0, 0.1) is 0 Å². The predicted molar refractivity (Wildman–Crippen MR) is 72.7 cm³/mol. The lowest BCUT2D eigenvalue weighted by molar-refractivity contribution is 0.0414. The molecule has 5 N–H and O–H groups in total. The van der Waals surface area contributed by atoms with E-state index in [1.807, 2.05) is 17.5 Å². The zero-order chi connectivity index (χ0) is 13.7. The number of aliphatic hydroxyl groups is 3. The van der Waals surface area contributed by atoms with Crippen molar-refractivity contribution in [3.63, 3.8) is 0 Å². The first-order valence-electron chi connectivity index (χ1n) is 5.88. The van der Waals surface area contributed by atoms with Crippen LogP contribution in [0.15, 0.2) is 23.7 Å². The number of hydrogen-bond donors (Lipinski definition) is 5. The SMILES string of the molecule is OCC(CO)(CO)NCc1cn[nH]c1-c1cccs1. The maximum atomic E-state index is 9.25. The summed E-state index contributed by atoms with van der Waals surface area (Å²) in [7, 11) is 0. The molecular weight excluding hydrogens is 266 g/mol. The molecule has 0 aliphatic heterocycles. The summed E-state index contributed by atoms with van der Waals surface area (Å²) in [5.41, 5.74) is 0.747. The van der Waals surface area contributed by atoms with Gasteiger partial charge >= 0.3 is 0 Å². The number of aromatic amines is 1. The molecule has 0 saturated heterocycles. The third-order valence-corrected chi connectivity index (χ3v) is 3.93. The fourth-order valence-corrected chi connectivity index (χ4v) is 2.44. The molecule has 0 unspecified atom stereocenters. The minimum absolute atomic E-state index is 0.341. The van der Waals surface area contributed by atoms with E-state index in [0.29, 0.717) is 6.54 Å². The first-order valence-corrected chi connectivity index (χ1v) is 6.76. The van der Waals surface area contributed by atoms with Crippen LogP contribution in [-0.4, -0.2) is 50.9 Å². The highest BCUT2D eigenvalue weighted by Crippen LogP contribution is 2.25. The van der Waals surface area contributed by atoms with Crippen LogP contribution in [0.25, 0.3) is 10.6 Å². The van der Waals surface area contributed by atoms with Crippen molar-refractivity contribution in [1.29, 1.82) is 0 Å². The van der Waals surface area contributed by atoms with Gasteiger partial charge in [-0.2, -0.15) is 5.10 Å².